The molecule has 0 radical (unpaired) electrons. The second-order valence-electron chi connectivity index (χ2n) is 8.59. The molecule has 0 saturated carbocycles. The minimum atomic E-state index is 1.22. The molecule has 5 aromatic carbocycles. The van der Waals surface area contributed by atoms with Crippen molar-refractivity contribution in [3.8, 4) is 22.4 Å². The molecule has 0 fully saturated rings. The summed E-state index contributed by atoms with van der Waals surface area (Å²) < 4.78 is 2.47. The second-order valence-corrected chi connectivity index (χ2v) is 8.59. The SMILES string of the molecule is c1ccc(-c2cc(-c3ccccc3)n3c4ccccc4c4ccc5ccccc5c4c23)cc1. The van der Waals surface area contributed by atoms with Crippen LogP contribution < -0.4 is 0 Å². The fourth-order valence-electron chi connectivity index (χ4n) is 5.31. The summed E-state index contributed by atoms with van der Waals surface area (Å²) in [6.45, 7) is 0. The Hall–Kier alpha value is -4.36. The van der Waals surface area contributed by atoms with Crippen LogP contribution in [-0.2, 0) is 0 Å². The lowest BCUT2D eigenvalue weighted by molar-refractivity contribution is 1.29. The number of rotatable bonds is 2. The molecule has 0 spiro atoms. The smallest absolute Gasteiger partial charge is 0.0626 e. The summed E-state index contributed by atoms with van der Waals surface area (Å²) in [5.41, 5.74) is 7.44. The van der Waals surface area contributed by atoms with Crippen LogP contribution in [0.1, 0.15) is 0 Å². The van der Waals surface area contributed by atoms with Crippen molar-refractivity contribution in [3.63, 3.8) is 0 Å². The summed E-state index contributed by atoms with van der Waals surface area (Å²) in [5, 5.41) is 6.45. The zero-order valence-corrected chi connectivity index (χ0v) is 18.1. The molecular weight excluding hydrogens is 398 g/mol. The zero-order valence-electron chi connectivity index (χ0n) is 18.1. The molecule has 33 heavy (non-hydrogen) atoms. The molecule has 2 aromatic heterocycles. The van der Waals surface area contributed by atoms with Crippen LogP contribution in [0.25, 0.3) is 60.3 Å². The monoisotopic (exact) mass is 419 g/mol. The highest BCUT2D eigenvalue weighted by Gasteiger charge is 2.19. The Kier molecular flexibility index (Phi) is 3.91. The van der Waals surface area contributed by atoms with Gasteiger partial charge in [0, 0.05) is 16.3 Å². The molecular formula is C32H21N. The van der Waals surface area contributed by atoms with Crippen molar-refractivity contribution in [2.45, 2.75) is 0 Å². The molecule has 7 rings (SSSR count). The van der Waals surface area contributed by atoms with Crippen molar-refractivity contribution in [2.24, 2.45) is 0 Å². The highest BCUT2D eigenvalue weighted by molar-refractivity contribution is 6.25. The third-order valence-electron chi connectivity index (χ3n) is 6.76. The van der Waals surface area contributed by atoms with Gasteiger partial charge >= 0.3 is 0 Å². The molecule has 0 bridgehead atoms. The number of benzene rings is 5. The van der Waals surface area contributed by atoms with Gasteiger partial charge in [-0.3, -0.25) is 0 Å². The highest BCUT2D eigenvalue weighted by atomic mass is 14.9. The van der Waals surface area contributed by atoms with Crippen molar-refractivity contribution >= 4 is 38.0 Å². The van der Waals surface area contributed by atoms with Crippen LogP contribution in [-0.4, -0.2) is 4.40 Å². The van der Waals surface area contributed by atoms with Crippen molar-refractivity contribution in [1.29, 1.82) is 0 Å². The van der Waals surface area contributed by atoms with Crippen LogP contribution in [0.15, 0.2) is 127 Å². The molecule has 0 N–H and O–H groups in total. The van der Waals surface area contributed by atoms with Crippen LogP contribution in [0, 0.1) is 0 Å². The molecule has 0 atom stereocenters. The van der Waals surface area contributed by atoms with Gasteiger partial charge in [0.15, 0.2) is 0 Å². The fourth-order valence-corrected chi connectivity index (χ4v) is 5.31. The third-order valence-corrected chi connectivity index (χ3v) is 6.76. The summed E-state index contributed by atoms with van der Waals surface area (Å²) in [5.74, 6) is 0. The lowest BCUT2D eigenvalue weighted by atomic mass is 9.96. The van der Waals surface area contributed by atoms with Gasteiger partial charge in [0.1, 0.15) is 0 Å². The van der Waals surface area contributed by atoms with Gasteiger partial charge in [-0.05, 0) is 39.4 Å². The van der Waals surface area contributed by atoms with Crippen LogP contribution in [0.4, 0.5) is 0 Å². The Bertz CT molecular complexity index is 1790. The van der Waals surface area contributed by atoms with E-state index in [1.807, 2.05) is 0 Å². The van der Waals surface area contributed by atoms with Gasteiger partial charge in [0.25, 0.3) is 0 Å². The van der Waals surface area contributed by atoms with Gasteiger partial charge in [0.2, 0.25) is 0 Å². The number of hydrogen-bond acceptors (Lipinski definition) is 0. The summed E-state index contributed by atoms with van der Waals surface area (Å²) in [6.07, 6.45) is 0. The maximum Gasteiger partial charge on any atom is 0.0626 e. The quantitative estimate of drug-likeness (QED) is 0.247. The number of fused-ring (bicyclic) bond motifs is 8. The van der Waals surface area contributed by atoms with Crippen LogP contribution in [0.5, 0.6) is 0 Å². The second kappa shape index (κ2) is 7.08. The van der Waals surface area contributed by atoms with E-state index in [0.717, 1.165) is 0 Å². The van der Waals surface area contributed by atoms with E-state index in [9.17, 15) is 0 Å². The Morgan fingerprint density at radius 2 is 1.09 bits per heavy atom. The van der Waals surface area contributed by atoms with Gasteiger partial charge in [-0.2, -0.15) is 0 Å². The normalized spacial score (nSPS) is 11.6. The van der Waals surface area contributed by atoms with Gasteiger partial charge in [-0.25, -0.2) is 0 Å². The number of aromatic nitrogens is 1. The topological polar surface area (TPSA) is 4.41 Å². The Morgan fingerprint density at radius 3 is 1.88 bits per heavy atom. The first-order valence-electron chi connectivity index (χ1n) is 11.4. The molecule has 2 heterocycles. The average molecular weight is 420 g/mol. The number of nitrogens with zero attached hydrogens (tertiary/aromatic N) is 1. The summed E-state index contributed by atoms with van der Waals surface area (Å²) in [7, 11) is 0. The Balaban J connectivity index is 1.82. The van der Waals surface area contributed by atoms with E-state index in [1.54, 1.807) is 0 Å². The maximum absolute atomic E-state index is 2.47. The van der Waals surface area contributed by atoms with E-state index in [0.29, 0.717) is 0 Å². The Labute approximate surface area is 192 Å². The first kappa shape index (κ1) is 18.2. The van der Waals surface area contributed by atoms with E-state index in [1.165, 1.54) is 60.3 Å². The molecule has 1 nitrogen and oxygen atoms in total. The molecule has 7 aromatic rings. The summed E-state index contributed by atoms with van der Waals surface area (Å²) in [6, 6.07) is 46.0. The molecule has 154 valence electrons. The number of pyridine rings is 1. The van der Waals surface area contributed by atoms with Gasteiger partial charge in [0.05, 0.1) is 16.7 Å². The van der Waals surface area contributed by atoms with Gasteiger partial charge in [-0.15, -0.1) is 0 Å². The van der Waals surface area contributed by atoms with E-state index in [-0.39, 0.29) is 0 Å². The van der Waals surface area contributed by atoms with Crippen molar-refractivity contribution in [2.75, 3.05) is 0 Å². The first-order valence-corrected chi connectivity index (χ1v) is 11.4. The maximum atomic E-state index is 2.47. The molecule has 1 heteroatoms. The minimum Gasteiger partial charge on any atom is -0.308 e. The van der Waals surface area contributed by atoms with Gasteiger partial charge in [-0.1, -0.05) is 115 Å². The average Bonchev–Trinajstić information content (AvgIpc) is 3.30. The van der Waals surface area contributed by atoms with E-state index < -0.39 is 0 Å². The minimum absolute atomic E-state index is 1.22. The van der Waals surface area contributed by atoms with E-state index in [2.05, 4.69) is 132 Å². The largest absolute Gasteiger partial charge is 0.308 e. The molecule has 0 aliphatic heterocycles. The zero-order chi connectivity index (χ0) is 21.8. The fraction of sp³-hybridized carbons (Fsp3) is 0. The van der Waals surface area contributed by atoms with Crippen molar-refractivity contribution < 1.29 is 0 Å². The van der Waals surface area contributed by atoms with Crippen LogP contribution in [0.3, 0.4) is 0 Å². The van der Waals surface area contributed by atoms with Crippen LogP contribution in [0.2, 0.25) is 0 Å². The Morgan fingerprint density at radius 1 is 0.455 bits per heavy atom. The summed E-state index contributed by atoms with van der Waals surface area (Å²) in [4.78, 5) is 0. The lowest BCUT2D eigenvalue weighted by Gasteiger charge is -2.15. The molecule has 0 saturated heterocycles. The number of hydrogen-bond donors (Lipinski definition) is 0. The van der Waals surface area contributed by atoms with Crippen molar-refractivity contribution in [3.05, 3.63) is 127 Å². The summed E-state index contributed by atoms with van der Waals surface area (Å²) >= 11 is 0. The van der Waals surface area contributed by atoms with E-state index >= 15 is 0 Å². The third kappa shape index (κ3) is 2.66. The molecule has 0 aliphatic carbocycles. The molecule has 0 aliphatic rings. The van der Waals surface area contributed by atoms with Gasteiger partial charge < -0.3 is 4.40 Å². The standard InChI is InChI=1S/C32H21N/c1-3-11-22(12-4-1)28-21-30(24-14-5-2-6-15-24)33-29-18-10-9-17-26(29)27-20-19-23-13-7-8-16-25(23)31(27)32(28)33/h1-21H. The predicted molar refractivity (Wildman–Crippen MR) is 141 cm³/mol. The number of para-hydroxylation sites is 1. The van der Waals surface area contributed by atoms with Crippen molar-refractivity contribution in [1.82, 2.24) is 4.40 Å². The molecule has 0 amide bonds. The lowest BCUT2D eigenvalue weighted by Crippen LogP contribution is -1.94. The first-order chi connectivity index (χ1) is 16.4. The van der Waals surface area contributed by atoms with E-state index in [4.69, 9.17) is 0 Å². The highest BCUT2D eigenvalue weighted by Crippen LogP contribution is 2.43. The van der Waals surface area contributed by atoms with Crippen LogP contribution >= 0.6 is 0 Å². The molecule has 0 unspecified atom stereocenters. The predicted octanol–water partition coefficient (Wildman–Crippen LogP) is 8.73.